The van der Waals surface area contributed by atoms with E-state index in [1.54, 1.807) is 0 Å². The van der Waals surface area contributed by atoms with Crippen LogP contribution in [0.5, 0.6) is 0 Å². The van der Waals surface area contributed by atoms with Crippen LogP contribution in [0.4, 0.5) is 5.82 Å². The molecule has 0 spiro atoms. The minimum Gasteiger partial charge on any atom is -0.323 e. The topological polar surface area (TPSA) is 40.5 Å². The zero-order chi connectivity index (χ0) is 19.5. The number of benzene rings is 2. The van der Waals surface area contributed by atoms with Gasteiger partial charge in [0.05, 0.1) is 12.1 Å². The molecule has 4 rings (SSSR count). The number of nitrogens with one attached hydrogen (secondary N) is 1. The number of aromatic nitrogens is 1. The van der Waals surface area contributed by atoms with Gasteiger partial charge in [0.2, 0.25) is 5.91 Å². The third-order valence-corrected chi connectivity index (χ3v) is 5.63. The average Bonchev–Trinajstić information content (AvgIpc) is 2.97. The molecule has 3 aromatic rings. The van der Waals surface area contributed by atoms with Crippen LogP contribution < -0.4 is 5.32 Å². The van der Waals surface area contributed by atoms with Crippen molar-refractivity contribution >= 4 is 47.4 Å². The number of amides is 1. The minimum absolute atomic E-state index is 0. The largest absolute Gasteiger partial charge is 0.323 e. The van der Waals surface area contributed by atoms with Crippen LogP contribution in [0.1, 0.15) is 11.1 Å². The normalized spacial score (nSPS) is 14.7. The predicted octanol–water partition coefficient (Wildman–Crippen LogP) is 4.03. The lowest BCUT2D eigenvalue weighted by Gasteiger charge is -2.31. The Morgan fingerprint density at radius 1 is 0.933 bits per heavy atom. The second kappa shape index (κ2) is 10.8. The third-order valence-electron chi connectivity index (χ3n) is 5.63. The maximum atomic E-state index is 12.8. The number of nitrogens with zero attached hydrogens (tertiary/aromatic N) is 3. The Morgan fingerprint density at radius 2 is 1.57 bits per heavy atom. The quantitative estimate of drug-likeness (QED) is 0.640. The number of hydrogen-bond acceptors (Lipinski definition) is 3. The molecule has 1 aromatic heterocycles. The summed E-state index contributed by atoms with van der Waals surface area (Å²) in [6.45, 7) is 7.18. The Hall–Kier alpha value is -2.05. The van der Waals surface area contributed by atoms with Crippen molar-refractivity contribution in [3.63, 3.8) is 0 Å². The number of para-hydroxylation sites is 1. The summed E-state index contributed by atoms with van der Waals surface area (Å²) in [5.74, 6) is 0.967. The van der Waals surface area contributed by atoms with Crippen molar-refractivity contribution in [1.29, 1.82) is 0 Å². The summed E-state index contributed by atoms with van der Waals surface area (Å²) in [4.78, 5) is 17.3. The van der Waals surface area contributed by atoms with Crippen LogP contribution in [0, 0.1) is 6.92 Å². The van der Waals surface area contributed by atoms with Crippen LogP contribution >= 0.6 is 24.8 Å². The molecule has 7 heteroatoms. The first-order chi connectivity index (χ1) is 13.6. The van der Waals surface area contributed by atoms with Gasteiger partial charge in [0.15, 0.2) is 0 Å². The van der Waals surface area contributed by atoms with Gasteiger partial charge in [-0.1, -0.05) is 48.5 Å². The first-order valence-corrected chi connectivity index (χ1v) is 9.94. The molecule has 0 saturated carbocycles. The number of piperazine rings is 1. The number of carbonyl (C=O) groups excluding carboxylic acids is 1. The highest BCUT2D eigenvalue weighted by Gasteiger charge is 2.20. The second-order valence-electron chi connectivity index (χ2n) is 7.69. The van der Waals surface area contributed by atoms with E-state index >= 15 is 0 Å². The lowest BCUT2D eigenvalue weighted by atomic mass is 10.2. The lowest BCUT2D eigenvalue weighted by molar-refractivity contribution is -0.117. The fourth-order valence-electron chi connectivity index (χ4n) is 3.95. The Morgan fingerprint density at radius 3 is 2.27 bits per heavy atom. The van der Waals surface area contributed by atoms with Crippen molar-refractivity contribution in [3.05, 3.63) is 65.7 Å². The van der Waals surface area contributed by atoms with Crippen molar-refractivity contribution in [1.82, 2.24) is 14.4 Å². The van der Waals surface area contributed by atoms with Crippen LogP contribution in [-0.4, -0.2) is 60.0 Å². The first-order valence-electron chi connectivity index (χ1n) is 9.94. The van der Waals surface area contributed by atoms with Gasteiger partial charge < -0.3 is 14.8 Å². The molecule has 162 valence electrons. The number of halogens is 2. The maximum absolute atomic E-state index is 12.8. The molecule has 1 amide bonds. The molecule has 0 radical (unpaired) electrons. The summed E-state index contributed by atoms with van der Waals surface area (Å²) < 4.78 is 2.22. The van der Waals surface area contributed by atoms with E-state index in [9.17, 15) is 4.79 Å². The molecule has 1 N–H and O–H groups in total. The second-order valence-corrected chi connectivity index (χ2v) is 7.69. The molecule has 0 bridgehead atoms. The van der Waals surface area contributed by atoms with E-state index < -0.39 is 0 Å². The van der Waals surface area contributed by atoms with E-state index in [4.69, 9.17) is 0 Å². The summed E-state index contributed by atoms with van der Waals surface area (Å²) in [6.07, 6.45) is 0. The Labute approximate surface area is 190 Å². The number of carbonyl (C=O) groups is 1. The Balaban J connectivity index is 0.00000160. The summed E-state index contributed by atoms with van der Waals surface area (Å²) in [5, 5.41) is 4.40. The monoisotopic (exact) mass is 448 g/mol. The van der Waals surface area contributed by atoms with Gasteiger partial charge in [-0.15, -0.1) is 24.8 Å². The molecule has 1 aliphatic heterocycles. The summed E-state index contributed by atoms with van der Waals surface area (Å²) >= 11 is 0. The highest BCUT2D eigenvalue weighted by molar-refractivity contribution is 5.98. The van der Waals surface area contributed by atoms with Crippen LogP contribution in [0.25, 0.3) is 10.9 Å². The van der Waals surface area contributed by atoms with Gasteiger partial charge in [-0.2, -0.15) is 0 Å². The van der Waals surface area contributed by atoms with Crippen LogP contribution in [0.15, 0.2) is 54.6 Å². The number of anilines is 1. The van der Waals surface area contributed by atoms with Gasteiger partial charge in [0.25, 0.3) is 0 Å². The van der Waals surface area contributed by atoms with E-state index in [1.165, 1.54) is 10.9 Å². The molecule has 30 heavy (non-hydrogen) atoms. The smallest absolute Gasteiger partial charge is 0.239 e. The van der Waals surface area contributed by atoms with Gasteiger partial charge in [-0.25, -0.2) is 0 Å². The standard InChI is InChI=1S/C23H28N4O.2ClH/c1-18-20-10-6-7-11-21(20)27(16-19-8-4-3-5-9-19)23(18)24-22(28)17-26-14-12-25(2)13-15-26;;/h3-11H,12-17H2,1-2H3,(H,24,28);2*1H. The number of likely N-dealkylation sites (N-methyl/N-ethyl adjacent to an activating group) is 1. The number of fused-ring (bicyclic) bond motifs is 1. The number of hydrogen-bond donors (Lipinski definition) is 1. The van der Waals surface area contributed by atoms with E-state index in [0.717, 1.165) is 49.6 Å². The minimum atomic E-state index is 0. The van der Waals surface area contributed by atoms with Crippen molar-refractivity contribution < 1.29 is 4.79 Å². The molecule has 1 aliphatic rings. The number of aryl methyl sites for hydroxylation is 1. The molecule has 0 aliphatic carbocycles. The summed E-state index contributed by atoms with van der Waals surface area (Å²) in [5.41, 5.74) is 3.50. The van der Waals surface area contributed by atoms with E-state index in [2.05, 4.69) is 82.2 Å². The predicted molar refractivity (Wildman–Crippen MR) is 129 cm³/mol. The fraction of sp³-hybridized carbons (Fsp3) is 0.348. The molecule has 1 fully saturated rings. The van der Waals surface area contributed by atoms with Crippen molar-refractivity contribution in [3.8, 4) is 0 Å². The van der Waals surface area contributed by atoms with Gasteiger partial charge in [-0.3, -0.25) is 9.69 Å². The zero-order valence-corrected chi connectivity index (χ0v) is 19.1. The van der Waals surface area contributed by atoms with Gasteiger partial charge in [0.1, 0.15) is 5.82 Å². The van der Waals surface area contributed by atoms with E-state index in [0.29, 0.717) is 6.54 Å². The molecule has 5 nitrogen and oxygen atoms in total. The molecule has 2 aromatic carbocycles. The molecular weight excluding hydrogens is 419 g/mol. The maximum Gasteiger partial charge on any atom is 0.239 e. The molecule has 2 heterocycles. The van der Waals surface area contributed by atoms with E-state index in [-0.39, 0.29) is 30.7 Å². The van der Waals surface area contributed by atoms with Crippen LogP contribution in [0.3, 0.4) is 0 Å². The summed E-state index contributed by atoms with van der Waals surface area (Å²) in [6, 6.07) is 18.8. The number of rotatable bonds is 5. The zero-order valence-electron chi connectivity index (χ0n) is 17.5. The lowest BCUT2D eigenvalue weighted by Crippen LogP contribution is -2.47. The summed E-state index contributed by atoms with van der Waals surface area (Å²) in [7, 11) is 2.13. The molecule has 0 atom stereocenters. The first kappa shape index (κ1) is 24.2. The highest BCUT2D eigenvalue weighted by Crippen LogP contribution is 2.30. The molecular formula is C23H30Cl2N4O. The Bertz CT molecular complexity index is 966. The molecule has 0 unspecified atom stereocenters. The van der Waals surface area contributed by atoms with Gasteiger partial charge in [-0.05, 0) is 31.2 Å². The highest BCUT2D eigenvalue weighted by atomic mass is 35.5. The fourth-order valence-corrected chi connectivity index (χ4v) is 3.95. The van der Waals surface area contributed by atoms with Crippen molar-refractivity contribution in [2.24, 2.45) is 0 Å². The van der Waals surface area contributed by atoms with Crippen molar-refractivity contribution in [2.45, 2.75) is 13.5 Å². The van der Waals surface area contributed by atoms with Crippen LogP contribution in [0.2, 0.25) is 0 Å². The van der Waals surface area contributed by atoms with Gasteiger partial charge >= 0.3 is 0 Å². The Kier molecular flexibility index (Phi) is 8.74. The average molecular weight is 449 g/mol. The van der Waals surface area contributed by atoms with Crippen molar-refractivity contribution in [2.75, 3.05) is 45.1 Å². The van der Waals surface area contributed by atoms with Gasteiger partial charge in [0, 0.05) is 38.1 Å². The van der Waals surface area contributed by atoms with E-state index in [1.807, 2.05) is 6.07 Å². The third kappa shape index (κ3) is 5.35. The molecule has 1 saturated heterocycles. The van der Waals surface area contributed by atoms with Crippen LogP contribution in [-0.2, 0) is 11.3 Å². The SMILES string of the molecule is Cc1c(NC(=O)CN2CCN(C)CC2)n(Cc2ccccc2)c2ccccc12.Cl.Cl.